The number of aromatic nitrogens is 3. The maximum atomic E-state index is 5.79. The fourth-order valence-corrected chi connectivity index (χ4v) is 4.17. The monoisotopic (exact) mass is 268 g/mol. The van der Waals surface area contributed by atoms with Gasteiger partial charge in [-0.3, -0.25) is 0 Å². The minimum absolute atomic E-state index is 0.565. The molecular weight excluding hydrogens is 248 g/mol. The molecule has 2 N–H and O–H groups in total. The summed E-state index contributed by atoms with van der Waals surface area (Å²) in [6, 6.07) is 3.93. The number of nitrogens with zero attached hydrogens (tertiary/aromatic N) is 3. The smallest absolute Gasteiger partial charge is 0.123 e. The van der Waals surface area contributed by atoms with Crippen molar-refractivity contribution in [3.63, 3.8) is 0 Å². The Hall–Kier alpha value is -1.84. The Morgan fingerprint density at radius 3 is 3.00 bits per heavy atom. The standard InChI is InChI=1S/C16H20N4/c17-16-7-13(3-4-19-16)15-8-18-10-20(15)9-14-6-11-1-2-12(14)5-11/h3-4,7-8,10-12,14H,1-2,5-6,9H2,(H2,17,19). The van der Waals surface area contributed by atoms with E-state index in [1.807, 2.05) is 24.7 Å². The molecule has 4 rings (SSSR count). The summed E-state index contributed by atoms with van der Waals surface area (Å²) in [6.45, 7) is 1.10. The highest BCUT2D eigenvalue weighted by Crippen LogP contribution is 2.49. The minimum atomic E-state index is 0.565. The van der Waals surface area contributed by atoms with Crippen LogP contribution in [-0.2, 0) is 6.54 Å². The van der Waals surface area contributed by atoms with Gasteiger partial charge in [-0.25, -0.2) is 9.97 Å². The number of nitrogen functional groups attached to an aromatic ring is 1. The molecule has 0 spiro atoms. The Kier molecular flexibility index (Phi) is 2.76. The Labute approximate surface area is 119 Å². The lowest BCUT2D eigenvalue weighted by Crippen LogP contribution is -2.17. The highest BCUT2D eigenvalue weighted by molar-refractivity contribution is 5.61. The molecule has 3 unspecified atom stereocenters. The van der Waals surface area contributed by atoms with E-state index >= 15 is 0 Å². The van der Waals surface area contributed by atoms with E-state index in [2.05, 4.69) is 14.5 Å². The van der Waals surface area contributed by atoms with Crippen LogP contribution in [0.2, 0.25) is 0 Å². The molecule has 3 atom stereocenters. The molecule has 2 bridgehead atoms. The first-order valence-electron chi connectivity index (χ1n) is 7.51. The highest BCUT2D eigenvalue weighted by atomic mass is 15.0. The fraction of sp³-hybridized carbons (Fsp3) is 0.500. The van der Waals surface area contributed by atoms with Gasteiger partial charge in [-0.15, -0.1) is 0 Å². The van der Waals surface area contributed by atoms with E-state index in [0.29, 0.717) is 5.82 Å². The van der Waals surface area contributed by atoms with Crippen molar-refractivity contribution in [3.8, 4) is 11.3 Å². The molecule has 2 fully saturated rings. The zero-order valence-corrected chi connectivity index (χ0v) is 11.6. The van der Waals surface area contributed by atoms with Crippen molar-refractivity contribution < 1.29 is 0 Å². The van der Waals surface area contributed by atoms with Gasteiger partial charge >= 0.3 is 0 Å². The van der Waals surface area contributed by atoms with Crippen LogP contribution in [0.5, 0.6) is 0 Å². The van der Waals surface area contributed by atoms with E-state index in [-0.39, 0.29) is 0 Å². The van der Waals surface area contributed by atoms with Gasteiger partial charge in [0.25, 0.3) is 0 Å². The molecule has 0 aromatic carbocycles. The van der Waals surface area contributed by atoms with Crippen LogP contribution in [0.4, 0.5) is 5.82 Å². The van der Waals surface area contributed by atoms with Crippen molar-refractivity contribution in [3.05, 3.63) is 30.9 Å². The molecule has 2 saturated carbocycles. The number of imidazole rings is 1. The molecule has 2 aliphatic rings. The zero-order valence-electron chi connectivity index (χ0n) is 11.6. The predicted molar refractivity (Wildman–Crippen MR) is 78.8 cm³/mol. The third-order valence-corrected chi connectivity index (χ3v) is 5.10. The maximum Gasteiger partial charge on any atom is 0.123 e. The quantitative estimate of drug-likeness (QED) is 0.931. The van der Waals surface area contributed by atoms with Gasteiger partial charge in [0.1, 0.15) is 5.82 Å². The number of fused-ring (bicyclic) bond motifs is 2. The second kappa shape index (κ2) is 4.62. The first-order chi connectivity index (χ1) is 9.79. The summed E-state index contributed by atoms with van der Waals surface area (Å²) >= 11 is 0. The summed E-state index contributed by atoms with van der Waals surface area (Å²) in [5, 5.41) is 0. The van der Waals surface area contributed by atoms with Gasteiger partial charge in [-0.2, -0.15) is 0 Å². The third kappa shape index (κ3) is 1.99. The lowest BCUT2D eigenvalue weighted by molar-refractivity contribution is 0.296. The molecule has 104 valence electrons. The van der Waals surface area contributed by atoms with Gasteiger partial charge < -0.3 is 10.3 Å². The van der Waals surface area contributed by atoms with Crippen LogP contribution in [0.15, 0.2) is 30.9 Å². The van der Waals surface area contributed by atoms with Gasteiger partial charge in [0.15, 0.2) is 0 Å². The van der Waals surface area contributed by atoms with E-state index in [4.69, 9.17) is 5.73 Å². The summed E-state index contributed by atoms with van der Waals surface area (Å²) < 4.78 is 2.29. The number of pyridine rings is 1. The van der Waals surface area contributed by atoms with E-state index in [1.165, 1.54) is 25.7 Å². The number of anilines is 1. The Bertz CT molecular complexity index is 618. The molecule has 0 saturated heterocycles. The summed E-state index contributed by atoms with van der Waals surface area (Å²) in [5.74, 6) is 3.34. The van der Waals surface area contributed by atoms with Crippen molar-refractivity contribution in [2.75, 3.05) is 5.73 Å². The van der Waals surface area contributed by atoms with Crippen LogP contribution in [-0.4, -0.2) is 14.5 Å². The maximum absolute atomic E-state index is 5.79. The summed E-state index contributed by atoms with van der Waals surface area (Å²) in [4.78, 5) is 8.40. The van der Waals surface area contributed by atoms with Crippen molar-refractivity contribution in [1.82, 2.24) is 14.5 Å². The first kappa shape index (κ1) is 11.9. The number of hydrogen-bond acceptors (Lipinski definition) is 3. The number of hydrogen-bond donors (Lipinski definition) is 1. The molecule has 2 heterocycles. The molecule has 20 heavy (non-hydrogen) atoms. The van der Waals surface area contributed by atoms with Crippen molar-refractivity contribution in [1.29, 1.82) is 0 Å². The van der Waals surface area contributed by atoms with E-state index in [9.17, 15) is 0 Å². The van der Waals surface area contributed by atoms with Gasteiger partial charge in [0.05, 0.1) is 18.2 Å². The fourth-order valence-electron chi connectivity index (χ4n) is 4.17. The molecule has 0 radical (unpaired) electrons. The summed E-state index contributed by atoms with van der Waals surface area (Å²) in [6.07, 6.45) is 11.4. The van der Waals surface area contributed by atoms with E-state index in [0.717, 1.165) is 35.6 Å². The minimum Gasteiger partial charge on any atom is -0.384 e. The SMILES string of the molecule is Nc1cc(-c2cncn2CC2CC3CCC2C3)ccn1. The van der Waals surface area contributed by atoms with Crippen molar-refractivity contribution >= 4 is 5.82 Å². The van der Waals surface area contributed by atoms with E-state index < -0.39 is 0 Å². The van der Waals surface area contributed by atoms with E-state index in [1.54, 1.807) is 6.20 Å². The first-order valence-corrected chi connectivity index (χ1v) is 7.51. The molecule has 4 nitrogen and oxygen atoms in total. The van der Waals surface area contributed by atoms with Crippen LogP contribution < -0.4 is 5.73 Å². The summed E-state index contributed by atoms with van der Waals surface area (Å²) in [5.41, 5.74) is 8.05. The van der Waals surface area contributed by atoms with Gasteiger partial charge in [-0.1, -0.05) is 6.42 Å². The van der Waals surface area contributed by atoms with Gasteiger partial charge in [0, 0.05) is 18.3 Å². The van der Waals surface area contributed by atoms with Crippen LogP contribution in [0.3, 0.4) is 0 Å². The Morgan fingerprint density at radius 2 is 2.25 bits per heavy atom. The second-order valence-electron chi connectivity index (χ2n) is 6.34. The zero-order chi connectivity index (χ0) is 13.5. The molecule has 4 heteroatoms. The highest BCUT2D eigenvalue weighted by Gasteiger charge is 2.39. The lowest BCUT2D eigenvalue weighted by Gasteiger charge is -2.23. The van der Waals surface area contributed by atoms with Crippen molar-refractivity contribution in [2.45, 2.75) is 32.2 Å². The van der Waals surface area contributed by atoms with Crippen LogP contribution >= 0.6 is 0 Å². The van der Waals surface area contributed by atoms with Gasteiger partial charge in [0.2, 0.25) is 0 Å². The number of nitrogens with two attached hydrogens (primary N) is 1. The van der Waals surface area contributed by atoms with Crippen LogP contribution in [0.25, 0.3) is 11.3 Å². The summed E-state index contributed by atoms with van der Waals surface area (Å²) in [7, 11) is 0. The topological polar surface area (TPSA) is 56.7 Å². The number of rotatable bonds is 3. The second-order valence-corrected chi connectivity index (χ2v) is 6.34. The van der Waals surface area contributed by atoms with Crippen LogP contribution in [0.1, 0.15) is 25.7 Å². The molecule has 2 aromatic heterocycles. The Balaban J connectivity index is 1.59. The molecule has 0 amide bonds. The van der Waals surface area contributed by atoms with Crippen LogP contribution in [0, 0.1) is 17.8 Å². The lowest BCUT2D eigenvalue weighted by atomic mass is 9.89. The van der Waals surface area contributed by atoms with Crippen molar-refractivity contribution in [2.24, 2.45) is 17.8 Å². The average molecular weight is 268 g/mol. The molecule has 2 aliphatic carbocycles. The third-order valence-electron chi connectivity index (χ3n) is 5.10. The molecule has 0 aliphatic heterocycles. The normalized spacial score (nSPS) is 28.1. The molecule has 2 aromatic rings. The predicted octanol–water partition coefficient (Wildman–Crippen LogP) is 2.96. The van der Waals surface area contributed by atoms with Gasteiger partial charge in [-0.05, 0) is 49.1 Å². The largest absolute Gasteiger partial charge is 0.384 e. The average Bonchev–Trinajstić information content (AvgIpc) is 3.14. The molecular formula is C16H20N4. The Morgan fingerprint density at radius 1 is 1.30 bits per heavy atom.